The Morgan fingerprint density at radius 2 is 1.66 bits per heavy atom. The minimum atomic E-state index is -0.832. The average molecular weight is 446 g/mol. The quantitative estimate of drug-likeness (QED) is 0.688. The molecule has 1 aromatic rings. The third kappa shape index (κ3) is 7.24. The van der Waals surface area contributed by atoms with E-state index < -0.39 is 29.3 Å². The first kappa shape index (κ1) is 25.7. The number of benzene rings is 1. The van der Waals surface area contributed by atoms with Crippen LogP contribution >= 0.6 is 0 Å². The van der Waals surface area contributed by atoms with E-state index in [0.29, 0.717) is 0 Å². The Bertz CT molecular complexity index is 863. The fraction of sp³-hybridized carbons (Fsp3) is 0.640. The Morgan fingerprint density at radius 3 is 2.12 bits per heavy atom. The molecule has 0 aliphatic heterocycles. The van der Waals surface area contributed by atoms with Gasteiger partial charge in [-0.15, -0.1) is 0 Å². The van der Waals surface area contributed by atoms with Crippen molar-refractivity contribution in [3.05, 3.63) is 34.9 Å². The number of nitrogens with zero attached hydrogens (tertiary/aromatic N) is 1. The zero-order valence-corrected chi connectivity index (χ0v) is 21.0. The molecule has 2 rings (SSSR count). The van der Waals surface area contributed by atoms with Gasteiger partial charge in [0.05, 0.1) is 0 Å². The molecule has 32 heavy (non-hydrogen) atoms. The number of hydrogen-bond donors (Lipinski definition) is 2. The zero-order chi connectivity index (χ0) is 24.4. The summed E-state index contributed by atoms with van der Waals surface area (Å²) in [7, 11) is 0. The Labute approximate surface area is 192 Å². The van der Waals surface area contributed by atoms with Crippen LogP contribution in [0.2, 0.25) is 0 Å². The van der Waals surface area contributed by atoms with Crippen LogP contribution in [0, 0.1) is 13.8 Å². The molecular formula is C25H39N3O4. The lowest BCUT2D eigenvalue weighted by atomic mass is 9.95. The van der Waals surface area contributed by atoms with Crippen molar-refractivity contribution < 1.29 is 19.1 Å². The normalized spacial score (nSPS) is 16.0. The lowest BCUT2D eigenvalue weighted by Gasteiger charge is -2.36. The molecule has 0 heterocycles. The summed E-state index contributed by atoms with van der Waals surface area (Å²) in [6.45, 7) is 16.6. The van der Waals surface area contributed by atoms with Crippen LogP contribution in [0.5, 0.6) is 0 Å². The van der Waals surface area contributed by atoms with Gasteiger partial charge in [0, 0.05) is 11.6 Å². The van der Waals surface area contributed by atoms with Gasteiger partial charge in [-0.3, -0.25) is 9.59 Å². The highest BCUT2D eigenvalue weighted by Crippen LogP contribution is 2.37. The summed E-state index contributed by atoms with van der Waals surface area (Å²) in [5.74, 6) is -0.526. The van der Waals surface area contributed by atoms with Crippen LogP contribution in [0.25, 0.3) is 0 Å². The van der Waals surface area contributed by atoms with Crippen LogP contribution in [-0.4, -0.2) is 46.0 Å². The Balaban J connectivity index is 2.40. The Kier molecular flexibility index (Phi) is 7.63. The number of aryl methyl sites for hydroxylation is 2. The van der Waals surface area contributed by atoms with E-state index >= 15 is 0 Å². The summed E-state index contributed by atoms with van der Waals surface area (Å²) in [6.07, 6.45) is 1.00. The smallest absolute Gasteiger partial charge is 0.408 e. The second kappa shape index (κ2) is 9.51. The van der Waals surface area contributed by atoms with Crippen molar-refractivity contribution in [3.8, 4) is 0 Å². The molecule has 2 unspecified atom stereocenters. The summed E-state index contributed by atoms with van der Waals surface area (Å²) in [4.78, 5) is 41.0. The molecule has 0 aromatic heterocycles. The van der Waals surface area contributed by atoms with Gasteiger partial charge in [-0.1, -0.05) is 23.8 Å². The van der Waals surface area contributed by atoms with E-state index in [9.17, 15) is 14.4 Å². The standard InChI is InChI=1S/C25H39N3O4/c1-15-10-13-19(16(2)14-15)20(21(29)27-24(4,5)6)28(18-11-12-18)22(30)17(3)26-23(31)32-25(7,8)9/h10,13-14,17-18,20H,11-12H2,1-9H3,(H,26,31)(H,27,29). The molecule has 1 aromatic carbocycles. The van der Waals surface area contributed by atoms with Crippen molar-refractivity contribution in [2.24, 2.45) is 0 Å². The number of carbonyl (C=O) groups excluding carboxylic acids is 3. The fourth-order valence-corrected chi connectivity index (χ4v) is 3.63. The lowest BCUT2D eigenvalue weighted by molar-refractivity contribution is -0.143. The van der Waals surface area contributed by atoms with Crippen molar-refractivity contribution in [1.29, 1.82) is 0 Å². The number of alkyl carbamates (subject to hydrolysis) is 1. The predicted molar refractivity (Wildman–Crippen MR) is 125 cm³/mol. The first-order chi connectivity index (χ1) is 14.6. The molecule has 1 saturated carbocycles. The fourth-order valence-electron chi connectivity index (χ4n) is 3.63. The van der Waals surface area contributed by atoms with E-state index in [4.69, 9.17) is 4.74 Å². The van der Waals surface area contributed by atoms with Crippen molar-refractivity contribution in [3.63, 3.8) is 0 Å². The predicted octanol–water partition coefficient (Wildman–Crippen LogP) is 4.16. The second-order valence-corrected chi connectivity index (χ2v) is 10.8. The van der Waals surface area contributed by atoms with Crippen molar-refractivity contribution in [2.75, 3.05) is 0 Å². The number of ether oxygens (including phenoxy) is 1. The van der Waals surface area contributed by atoms with Gasteiger partial charge in [0.15, 0.2) is 0 Å². The van der Waals surface area contributed by atoms with Gasteiger partial charge in [0.25, 0.3) is 0 Å². The molecule has 1 fully saturated rings. The molecule has 1 aliphatic carbocycles. The van der Waals surface area contributed by atoms with Gasteiger partial charge < -0.3 is 20.3 Å². The molecule has 7 heteroatoms. The maximum Gasteiger partial charge on any atom is 0.408 e. The molecule has 3 amide bonds. The van der Waals surface area contributed by atoms with E-state index in [1.54, 1.807) is 32.6 Å². The maximum atomic E-state index is 13.6. The van der Waals surface area contributed by atoms with Crippen LogP contribution in [0.3, 0.4) is 0 Å². The highest BCUT2D eigenvalue weighted by Gasteiger charge is 2.44. The van der Waals surface area contributed by atoms with Crippen molar-refractivity contribution >= 4 is 17.9 Å². The number of carbonyl (C=O) groups is 3. The molecule has 7 nitrogen and oxygen atoms in total. The van der Waals surface area contributed by atoms with Crippen LogP contribution in [0.4, 0.5) is 4.79 Å². The Morgan fingerprint density at radius 1 is 1.06 bits per heavy atom. The van der Waals surface area contributed by atoms with Crippen LogP contribution < -0.4 is 10.6 Å². The second-order valence-electron chi connectivity index (χ2n) is 10.8. The summed E-state index contributed by atoms with van der Waals surface area (Å²) < 4.78 is 5.31. The molecule has 178 valence electrons. The average Bonchev–Trinajstić information content (AvgIpc) is 3.41. The molecular weight excluding hydrogens is 406 g/mol. The molecule has 0 radical (unpaired) electrons. The van der Waals surface area contributed by atoms with E-state index in [1.165, 1.54) is 0 Å². The maximum absolute atomic E-state index is 13.6. The van der Waals surface area contributed by atoms with Crippen LogP contribution in [-0.2, 0) is 14.3 Å². The summed E-state index contributed by atoms with van der Waals surface area (Å²) in [6, 6.07) is 4.25. The molecule has 2 N–H and O–H groups in total. The van der Waals surface area contributed by atoms with E-state index in [-0.39, 0.29) is 17.9 Å². The number of hydrogen-bond acceptors (Lipinski definition) is 4. The van der Waals surface area contributed by atoms with Gasteiger partial charge in [-0.05, 0) is 86.3 Å². The zero-order valence-electron chi connectivity index (χ0n) is 21.0. The molecule has 0 bridgehead atoms. The summed E-state index contributed by atoms with van der Waals surface area (Å²) in [5.41, 5.74) is 1.71. The summed E-state index contributed by atoms with van der Waals surface area (Å²) in [5, 5.41) is 5.68. The van der Waals surface area contributed by atoms with Gasteiger partial charge in [-0.25, -0.2) is 4.79 Å². The van der Waals surface area contributed by atoms with Gasteiger partial charge in [-0.2, -0.15) is 0 Å². The third-order valence-corrected chi connectivity index (χ3v) is 5.04. The minimum Gasteiger partial charge on any atom is -0.444 e. The molecule has 1 aliphatic rings. The number of rotatable bonds is 6. The molecule has 0 saturated heterocycles. The molecule has 2 atom stereocenters. The first-order valence-corrected chi connectivity index (χ1v) is 11.3. The van der Waals surface area contributed by atoms with Crippen LogP contribution in [0.15, 0.2) is 18.2 Å². The monoisotopic (exact) mass is 445 g/mol. The van der Waals surface area contributed by atoms with Gasteiger partial charge in [0.1, 0.15) is 17.7 Å². The van der Waals surface area contributed by atoms with Crippen LogP contribution in [0.1, 0.15) is 84.0 Å². The topological polar surface area (TPSA) is 87.7 Å². The van der Waals surface area contributed by atoms with E-state index in [0.717, 1.165) is 29.5 Å². The highest BCUT2D eigenvalue weighted by molar-refractivity contribution is 5.92. The lowest BCUT2D eigenvalue weighted by Crippen LogP contribution is -2.54. The highest BCUT2D eigenvalue weighted by atomic mass is 16.6. The van der Waals surface area contributed by atoms with E-state index in [2.05, 4.69) is 10.6 Å². The number of amides is 3. The van der Waals surface area contributed by atoms with Crippen molar-refractivity contribution in [2.45, 2.75) is 104 Å². The SMILES string of the molecule is Cc1ccc(C(C(=O)NC(C)(C)C)N(C(=O)C(C)NC(=O)OC(C)(C)C)C2CC2)c(C)c1. The Hall–Kier alpha value is -2.57. The molecule has 0 spiro atoms. The first-order valence-electron chi connectivity index (χ1n) is 11.3. The van der Waals surface area contributed by atoms with Crippen molar-refractivity contribution in [1.82, 2.24) is 15.5 Å². The minimum absolute atomic E-state index is 0.0400. The van der Waals surface area contributed by atoms with Gasteiger partial charge >= 0.3 is 6.09 Å². The van der Waals surface area contributed by atoms with E-state index in [1.807, 2.05) is 52.8 Å². The van der Waals surface area contributed by atoms with Gasteiger partial charge in [0.2, 0.25) is 11.8 Å². The number of nitrogens with one attached hydrogen (secondary N) is 2. The third-order valence-electron chi connectivity index (χ3n) is 5.04. The largest absolute Gasteiger partial charge is 0.444 e. The summed E-state index contributed by atoms with van der Waals surface area (Å²) >= 11 is 0.